The number of para-hydroxylation sites is 1. The number of fused-ring (bicyclic) bond motifs is 1. The minimum atomic E-state index is -0.0274. The van der Waals surface area contributed by atoms with Crippen LogP contribution in [0.15, 0.2) is 59.6 Å². The smallest absolute Gasteiger partial charge is 0.234 e. The number of carbonyl (C=O) groups excluding carboxylic acids is 1. The summed E-state index contributed by atoms with van der Waals surface area (Å²) in [5, 5.41) is 4.02. The van der Waals surface area contributed by atoms with Gasteiger partial charge in [0.05, 0.1) is 12.9 Å². The predicted octanol–water partition coefficient (Wildman–Crippen LogP) is 3.91. The van der Waals surface area contributed by atoms with Gasteiger partial charge >= 0.3 is 0 Å². The van der Waals surface area contributed by atoms with E-state index in [1.54, 1.807) is 7.11 Å². The lowest BCUT2D eigenvalue weighted by molar-refractivity contribution is -0.113. The van der Waals surface area contributed by atoms with Gasteiger partial charge in [0.2, 0.25) is 5.91 Å². The first kappa shape index (κ1) is 14.5. The maximum atomic E-state index is 12.0. The third-order valence-electron chi connectivity index (χ3n) is 3.28. The number of methoxy groups -OCH3 is 1. The zero-order valence-electron chi connectivity index (χ0n) is 12.1. The molecule has 2 aromatic carbocycles. The van der Waals surface area contributed by atoms with Crippen LogP contribution in [-0.2, 0) is 4.79 Å². The molecular formula is C17H16N2O2S. The Labute approximate surface area is 132 Å². The molecule has 1 heterocycles. The van der Waals surface area contributed by atoms with Crippen LogP contribution in [0.5, 0.6) is 5.75 Å². The normalized spacial score (nSPS) is 10.6. The molecule has 1 amide bonds. The highest BCUT2D eigenvalue weighted by molar-refractivity contribution is 8.00. The van der Waals surface area contributed by atoms with Crippen LogP contribution >= 0.6 is 11.8 Å². The highest BCUT2D eigenvalue weighted by Crippen LogP contribution is 2.27. The van der Waals surface area contributed by atoms with Gasteiger partial charge in [-0.3, -0.25) is 4.79 Å². The second-order valence-electron chi connectivity index (χ2n) is 4.76. The molecule has 0 aliphatic heterocycles. The number of amides is 1. The second kappa shape index (κ2) is 6.58. The van der Waals surface area contributed by atoms with Gasteiger partial charge in [-0.25, -0.2) is 0 Å². The van der Waals surface area contributed by atoms with E-state index < -0.39 is 0 Å². The van der Waals surface area contributed by atoms with Gasteiger partial charge in [-0.2, -0.15) is 0 Å². The lowest BCUT2D eigenvalue weighted by Gasteiger charge is -2.06. The second-order valence-corrected chi connectivity index (χ2v) is 5.78. The number of aromatic nitrogens is 1. The van der Waals surface area contributed by atoms with Crippen molar-refractivity contribution >= 4 is 34.3 Å². The van der Waals surface area contributed by atoms with E-state index >= 15 is 0 Å². The fourth-order valence-corrected chi connectivity index (χ4v) is 3.01. The molecule has 1 aromatic heterocycles. The van der Waals surface area contributed by atoms with E-state index in [0.29, 0.717) is 5.75 Å². The maximum Gasteiger partial charge on any atom is 0.234 e. The number of carbonyl (C=O) groups is 1. The standard InChI is InChI=1S/C17H16N2O2S/c1-21-13-8-6-12(7-9-13)19-17(20)11-22-16-10-18-15-5-3-2-4-14(15)16/h2-10,18H,11H2,1H3,(H,19,20). The molecule has 0 bridgehead atoms. The van der Waals surface area contributed by atoms with Crippen LogP contribution in [0.2, 0.25) is 0 Å². The summed E-state index contributed by atoms with van der Waals surface area (Å²) in [5.41, 5.74) is 1.85. The minimum absolute atomic E-state index is 0.0274. The molecule has 0 spiro atoms. The number of aromatic amines is 1. The molecule has 0 fully saturated rings. The van der Waals surface area contributed by atoms with E-state index in [1.165, 1.54) is 11.8 Å². The molecular weight excluding hydrogens is 296 g/mol. The zero-order chi connectivity index (χ0) is 15.4. The fraction of sp³-hybridized carbons (Fsp3) is 0.118. The topological polar surface area (TPSA) is 54.1 Å². The average molecular weight is 312 g/mol. The van der Waals surface area contributed by atoms with Crippen molar-refractivity contribution in [1.82, 2.24) is 4.98 Å². The first-order chi connectivity index (χ1) is 10.8. The van der Waals surface area contributed by atoms with Crippen LogP contribution in [0.4, 0.5) is 5.69 Å². The fourth-order valence-electron chi connectivity index (χ4n) is 2.18. The summed E-state index contributed by atoms with van der Waals surface area (Å²) >= 11 is 1.52. The third kappa shape index (κ3) is 3.26. The summed E-state index contributed by atoms with van der Waals surface area (Å²) in [6.45, 7) is 0. The van der Waals surface area contributed by atoms with Crippen LogP contribution in [-0.4, -0.2) is 23.8 Å². The zero-order valence-corrected chi connectivity index (χ0v) is 12.9. The van der Waals surface area contributed by atoms with Gasteiger partial charge < -0.3 is 15.0 Å². The highest BCUT2D eigenvalue weighted by Gasteiger charge is 2.07. The van der Waals surface area contributed by atoms with E-state index in [-0.39, 0.29) is 5.91 Å². The van der Waals surface area contributed by atoms with Crippen molar-refractivity contribution in [3.63, 3.8) is 0 Å². The van der Waals surface area contributed by atoms with E-state index in [2.05, 4.69) is 16.4 Å². The summed E-state index contributed by atoms with van der Waals surface area (Å²) in [4.78, 5) is 16.3. The van der Waals surface area contributed by atoms with E-state index in [1.807, 2.05) is 48.7 Å². The minimum Gasteiger partial charge on any atom is -0.497 e. The van der Waals surface area contributed by atoms with Crippen molar-refractivity contribution in [2.24, 2.45) is 0 Å². The summed E-state index contributed by atoms with van der Waals surface area (Å²) < 4.78 is 5.09. The molecule has 3 rings (SSSR count). The molecule has 2 N–H and O–H groups in total. The Kier molecular flexibility index (Phi) is 4.34. The van der Waals surface area contributed by atoms with Gasteiger partial charge in [-0.15, -0.1) is 11.8 Å². The highest BCUT2D eigenvalue weighted by atomic mass is 32.2. The van der Waals surface area contributed by atoms with Crippen molar-refractivity contribution in [3.05, 3.63) is 54.7 Å². The number of ether oxygens (including phenoxy) is 1. The van der Waals surface area contributed by atoms with Crippen LogP contribution in [0, 0.1) is 0 Å². The van der Waals surface area contributed by atoms with Crippen molar-refractivity contribution in [2.45, 2.75) is 4.90 Å². The van der Waals surface area contributed by atoms with Crippen LogP contribution in [0.1, 0.15) is 0 Å². The quantitative estimate of drug-likeness (QED) is 0.702. The van der Waals surface area contributed by atoms with Crippen molar-refractivity contribution in [3.8, 4) is 5.75 Å². The van der Waals surface area contributed by atoms with Crippen LogP contribution in [0.25, 0.3) is 10.9 Å². The third-order valence-corrected chi connectivity index (χ3v) is 4.34. The van der Waals surface area contributed by atoms with Gasteiger partial charge in [-0.05, 0) is 30.3 Å². The number of hydrogen-bond donors (Lipinski definition) is 2. The largest absolute Gasteiger partial charge is 0.497 e. The molecule has 0 atom stereocenters. The summed E-state index contributed by atoms with van der Waals surface area (Å²) in [7, 11) is 1.62. The Bertz CT molecular complexity index is 781. The Morgan fingerprint density at radius 2 is 1.95 bits per heavy atom. The van der Waals surface area contributed by atoms with E-state index in [0.717, 1.165) is 27.2 Å². The number of H-pyrrole nitrogens is 1. The lowest BCUT2D eigenvalue weighted by atomic mass is 10.2. The van der Waals surface area contributed by atoms with Crippen LogP contribution < -0.4 is 10.1 Å². The summed E-state index contributed by atoms with van der Waals surface area (Å²) in [6, 6.07) is 15.4. The number of anilines is 1. The summed E-state index contributed by atoms with van der Waals surface area (Å²) in [6.07, 6.45) is 1.94. The molecule has 3 aromatic rings. The van der Waals surface area contributed by atoms with Gasteiger partial charge in [0.15, 0.2) is 0 Å². The van der Waals surface area contributed by atoms with Crippen molar-refractivity contribution in [2.75, 3.05) is 18.2 Å². The number of rotatable bonds is 5. The molecule has 0 radical (unpaired) electrons. The SMILES string of the molecule is COc1ccc(NC(=O)CSc2c[nH]c3ccccc23)cc1. The van der Waals surface area contributed by atoms with Gasteiger partial charge in [0, 0.05) is 27.7 Å². The molecule has 22 heavy (non-hydrogen) atoms. The molecule has 4 nitrogen and oxygen atoms in total. The molecule has 5 heteroatoms. The number of thioether (sulfide) groups is 1. The summed E-state index contributed by atoms with van der Waals surface area (Å²) in [5.74, 6) is 1.11. The Balaban J connectivity index is 1.60. The van der Waals surface area contributed by atoms with Crippen LogP contribution in [0.3, 0.4) is 0 Å². The first-order valence-electron chi connectivity index (χ1n) is 6.89. The van der Waals surface area contributed by atoms with Gasteiger partial charge in [0.25, 0.3) is 0 Å². The van der Waals surface area contributed by atoms with Gasteiger partial charge in [-0.1, -0.05) is 18.2 Å². The van der Waals surface area contributed by atoms with E-state index in [4.69, 9.17) is 4.74 Å². The number of hydrogen-bond acceptors (Lipinski definition) is 3. The monoisotopic (exact) mass is 312 g/mol. The van der Waals surface area contributed by atoms with Crippen molar-refractivity contribution in [1.29, 1.82) is 0 Å². The maximum absolute atomic E-state index is 12.0. The number of nitrogens with one attached hydrogen (secondary N) is 2. The van der Waals surface area contributed by atoms with Gasteiger partial charge in [0.1, 0.15) is 5.75 Å². The lowest BCUT2D eigenvalue weighted by Crippen LogP contribution is -2.13. The van der Waals surface area contributed by atoms with E-state index in [9.17, 15) is 4.79 Å². The Morgan fingerprint density at radius 3 is 2.73 bits per heavy atom. The molecule has 0 aliphatic rings. The number of benzene rings is 2. The average Bonchev–Trinajstić information content (AvgIpc) is 2.97. The molecule has 0 saturated heterocycles. The Morgan fingerprint density at radius 1 is 1.18 bits per heavy atom. The molecule has 0 aliphatic carbocycles. The van der Waals surface area contributed by atoms with Crippen molar-refractivity contribution < 1.29 is 9.53 Å². The predicted molar refractivity (Wildman–Crippen MR) is 90.6 cm³/mol. The molecule has 0 unspecified atom stereocenters. The molecule has 112 valence electrons. The molecule has 0 saturated carbocycles. The first-order valence-corrected chi connectivity index (χ1v) is 7.87. The Hall–Kier alpha value is -2.40.